The molecule has 0 radical (unpaired) electrons. The summed E-state index contributed by atoms with van der Waals surface area (Å²) in [5, 5.41) is 34.0. The largest absolute Gasteiger partial charge is 0.508 e. The fourth-order valence-corrected chi connectivity index (χ4v) is 3.91. The lowest BCUT2D eigenvalue weighted by Gasteiger charge is -2.15. The van der Waals surface area contributed by atoms with E-state index >= 15 is 0 Å². The van der Waals surface area contributed by atoms with Gasteiger partial charge in [-0.15, -0.1) is 0 Å². The van der Waals surface area contributed by atoms with Gasteiger partial charge < -0.3 is 20.5 Å². The number of nitrogens with zero attached hydrogens (tertiary/aromatic N) is 2. The van der Waals surface area contributed by atoms with Crippen LogP contribution in [0, 0.1) is 26.0 Å². The van der Waals surface area contributed by atoms with E-state index in [-0.39, 0.29) is 17.6 Å². The van der Waals surface area contributed by atoms with Crippen LogP contribution < -0.4 is 15.4 Å². The molecule has 280 valence electrons. The predicted molar refractivity (Wildman–Crippen MR) is 170 cm³/mol. The van der Waals surface area contributed by atoms with E-state index < -0.39 is 79.5 Å². The van der Waals surface area contributed by atoms with Crippen LogP contribution in [0.3, 0.4) is 0 Å². The SMILES string of the molecule is CC(=O)Nc1c([N+](=O)[O-])cc(F)cc1C(F)(F)F.CC(=O)Nc1c([N+](=O)[O-])cc(Oc2ccc(C=O)cc2)cc1C(F)(F)F.O=Cc1ccc(O)cc1. The molecule has 0 aromatic heterocycles. The minimum Gasteiger partial charge on any atom is -0.508 e. The van der Waals surface area contributed by atoms with E-state index in [4.69, 9.17) is 9.84 Å². The average Bonchev–Trinajstić information content (AvgIpc) is 3.05. The maximum Gasteiger partial charge on any atom is 0.418 e. The number of amides is 2. The third-order valence-electron chi connectivity index (χ3n) is 6.06. The first-order valence-electron chi connectivity index (χ1n) is 14.0. The highest BCUT2D eigenvalue weighted by Crippen LogP contribution is 2.44. The Balaban J connectivity index is 0.000000309. The van der Waals surface area contributed by atoms with Crippen LogP contribution >= 0.6 is 0 Å². The number of benzene rings is 4. The zero-order valence-corrected chi connectivity index (χ0v) is 26.7. The smallest absolute Gasteiger partial charge is 0.418 e. The topological polar surface area (TPSA) is 208 Å². The number of alkyl halides is 6. The highest BCUT2D eigenvalue weighted by molar-refractivity contribution is 5.93. The minimum absolute atomic E-state index is 0.0744. The van der Waals surface area contributed by atoms with Gasteiger partial charge in [0.25, 0.3) is 11.4 Å². The van der Waals surface area contributed by atoms with E-state index in [1.807, 2.05) is 5.32 Å². The van der Waals surface area contributed by atoms with Gasteiger partial charge in [-0.3, -0.25) is 39.4 Å². The van der Waals surface area contributed by atoms with Crippen molar-refractivity contribution in [3.05, 3.63) is 121 Å². The van der Waals surface area contributed by atoms with Gasteiger partial charge in [0.15, 0.2) is 0 Å². The van der Waals surface area contributed by atoms with Gasteiger partial charge >= 0.3 is 12.4 Å². The number of anilines is 2. The van der Waals surface area contributed by atoms with Crippen LogP contribution in [0.2, 0.25) is 0 Å². The number of rotatable bonds is 8. The van der Waals surface area contributed by atoms with Crippen LogP contribution in [0.15, 0.2) is 72.8 Å². The Hall–Kier alpha value is -6.93. The van der Waals surface area contributed by atoms with Crippen LogP contribution in [-0.4, -0.2) is 39.3 Å². The molecule has 14 nitrogen and oxygen atoms in total. The number of carbonyl (C=O) groups is 4. The molecule has 0 unspecified atom stereocenters. The van der Waals surface area contributed by atoms with Crippen LogP contribution in [0.1, 0.15) is 45.7 Å². The number of hydrogen-bond acceptors (Lipinski definition) is 10. The number of hydrogen-bond donors (Lipinski definition) is 3. The number of phenols is 1. The van der Waals surface area contributed by atoms with Crippen molar-refractivity contribution in [3.8, 4) is 17.2 Å². The van der Waals surface area contributed by atoms with E-state index in [1.165, 1.54) is 36.4 Å². The monoisotopic (exact) mass is 756 g/mol. The zero-order valence-electron chi connectivity index (χ0n) is 26.7. The summed E-state index contributed by atoms with van der Waals surface area (Å²) < 4.78 is 95.8. The summed E-state index contributed by atoms with van der Waals surface area (Å²) in [5.41, 5.74) is -6.27. The first kappa shape index (κ1) is 42.2. The summed E-state index contributed by atoms with van der Waals surface area (Å²) in [6.45, 7) is 1.82. The number of carbonyl (C=O) groups excluding carboxylic acids is 4. The van der Waals surface area contributed by atoms with Crippen LogP contribution in [-0.2, 0) is 21.9 Å². The Kier molecular flexibility index (Phi) is 14.2. The molecule has 0 fully saturated rings. The normalized spacial score (nSPS) is 10.7. The number of aromatic hydroxyl groups is 1. The second-order valence-electron chi connectivity index (χ2n) is 10.1. The van der Waals surface area contributed by atoms with Crippen LogP contribution in [0.25, 0.3) is 0 Å². The molecule has 0 aliphatic heterocycles. The Bertz CT molecular complexity index is 2000. The number of aldehydes is 2. The summed E-state index contributed by atoms with van der Waals surface area (Å²) in [7, 11) is 0. The third kappa shape index (κ3) is 12.7. The third-order valence-corrected chi connectivity index (χ3v) is 6.06. The Morgan fingerprint density at radius 2 is 1.08 bits per heavy atom. The van der Waals surface area contributed by atoms with Gasteiger partial charge in [-0.25, -0.2) is 4.39 Å². The van der Waals surface area contributed by atoms with Crippen molar-refractivity contribution in [1.82, 2.24) is 0 Å². The Labute approximate surface area is 292 Å². The second kappa shape index (κ2) is 17.8. The van der Waals surface area contributed by atoms with Crippen molar-refractivity contribution in [2.24, 2.45) is 0 Å². The summed E-state index contributed by atoms with van der Waals surface area (Å²) >= 11 is 0. The zero-order chi connectivity index (χ0) is 40.3. The molecule has 3 N–H and O–H groups in total. The van der Waals surface area contributed by atoms with Gasteiger partial charge in [-0.05, 0) is 60.7 Å². The van der Waals surface area contributed by atoms with Crippen molar-refractivity contribution >= 4 is 47.1 Å². The first-order valence-corrected chi connectivity index (χ1v) is 14.0. The van der Waals surface area contributed by atoms with Crippen molar-refractivity contribution in [2.45, 2.75) is 26.2 Å². The lowest BCUT2D eigenvalue weighted by molar-refractivity contribution is -0.384. The summed E-state index contributed by atoms with van der Waals surface area (Å²) in [5.74, 6) is -3.43. The van der Waals surface area contributed by atoms with Gasteiger partial charge in [-0.2, -0.15) is 26.3 Å². The molecule has 53 heavy (non-hydrogen) atoms. The lowest BCUT2D eigenvalue weighted by atomic mass is 10.1. The minimum atomic E-state index is -5.02. The molecule has 0 saturated carbocycles. The van der Waals surface area contributed by atoms with E-state index in [2.05, 4.69) is 0 Å². The van der Waals surface area contributed by atoms with E-state index in [9.17, 15) is 70.1 Å². The van der Waals surface area contributed by atoms with Gasteiger partial charge in [0, 0.05) is 25.0 Å². The molecule has 0 heterocycles. The van der Waals surface area contributed by atoms with E-state index in [0.717, 1.165) is 26.2 Å². The maximum absolute atomic E-state index is 13.3. The van der Waals surface area contributed by atoms with Gasteiger partial charge in [0.1, 0.15) is 47.0 Å². The molecule has 4 aromatic rings. The summed E-state index contributed by atoms with van der Waals surface area (Å²) in [4.78, 5) is 62.0. The molecular formula is C32H23F7N4O10. The second-order valence-corrected chi connectivity index (χ2v) is 10.1. The number of halogens is 7. The maximum atomic E-state index is 13.3. The Morgan fingerprint density at radius 1 is 0.679 bits per heavy atom. The van der Waals surface area contributed by atoms with E-state index in [0.29, 0.717) is 29.5 Å². The highest BCUT2D eigenvalue weighted by Gasteiger charge is 2.39. The molecule has 0 bridgehead atoms. The summed E-state index contributed by atoms with van der Waals surface area (Å²) in [6, 6.07) is 13.2. The molecule has 0 aliphatic carbocycles. The number of phenolic OH excluding ortho intramolecular Hbond substituents is 1. The van der Waals surface area contributed by atoms with Crippen LogP contribution in [0.5, 0.6) is 17.2 Å². The van der Waals surface area contributed by atoms with Crippen molar-refractivity contribution < 1.29 is 69.6 Å². The fourth-order valence-electron chi connectivity index (χ4n) is 3.91. The van der Waals surface area contributed by atoms with Crippen molar-refractivity contribution in [2.75, 3.05) is 10.6 Å². The molecule has 0 atom stereocenters. The van der Waals surface area contributed by atoms with Crippen molar-refractivity contribution in [1.29, 1.82) is 0 Å². The molecule has 0 aliphatic rings. The van der Waals surface area contributed by atoms with Crippen molar-refractivity contribution in [3.63, 3.8) is 0 Å². The lowest BCUT2D eigenvalue weighted by Crippen LogP contribution is -2.16. The average molecular weight is 757 g/mol. The molecule has 0 spiro atoms. The molecule has 21 heteroatoms. The summed E-state index contributed by atoms with van der Waals surface area (Å²) in [6.07, 6.45) is -8.69. The fraction of sp³-hybridized carbons (Fsp3) is 0.125. The van der Waals surface area contributed by atoms with E-state index in [1.54, 1.807) is 17.4 Å². The van der Waals surface area contributed by atoms with Gasteiger partial charge in [0.2, 0.25) is 11.8 Å². The standard InChI is InChI=1S/C16H11F3N2O5.C9H6F4N2O3.C7H6O2/c1-9(23)20-15-13(16(17,18)19)6-12(7-14(15)21(24)25)26-11-4-2-10(8-22)3-5-11;1-4(16)14-8-6(9(11,12)13)2-5(10)3-7(8)15(17)18;8-5-6-1-3-7(9)4-2-6/h2-8H,1H3,(H,20,23);2-3H,1H3,(H,14,16);1-5,9H. The van der Waals surface area contributed by atoms with Crippen LogP contribution in [0.4, 0.5) is 53.5 Å². The number of nitrogens with one attached hydrogen (secondary N) is 2. The number of nitro benzene ring substituents is 2. The molecule has 4 rings (SSSR count). The molecular weight excluding hydrogens is 733 g/mol. The molecule has 2 amide bonds. The molecule has 4 aromatic carbocycles. The highest BCUT2D eigenvalue weighted by atomic mass is 19.4. The quantitative estimate of drug-likeness (QED) is 0.0681. The first-order chi connectivity index (χ1) is 24.6. The Morgan fingerprint density at radius 3 is 1.45 bits per heavy atom. The molecule has 0 saturated heterocycles. The number of ether oxygens (including phenoxy) is 1. The number of nitro groups is 2. The predicted octanol–water partition coefficient (Wildman–Crippen LogP) is 8.09. The van der Waals surface area contributed by atoms with Gasteiger partial charge in [-0.1, -0.05) is 0 Å². The van der Waals surface area contributed by atoms with Gasteiger partial charge in [0.05, 0.1) is 33.1 Å².